The number of rotatable bonds is 3. The maximum absolute atomic E-state index is 13.2. The molecule has 2 aromatic carbocycles. The molecule has 0 amide bonds. The average Bonchev–Trinajstić information content (AvgIpc) is 2.36. The Hall–Kier alpha value is -1.31. The van der Waals surface area contributed by atoms with Crippen LogP contribution in [0.3, 0.4) is 0 Å². The minimum atomic E-state index is -3.98. The Morgan fingerprint density at radius 3 is 2.55 bits per heavy atom. The molecular weight excluding hydrogens is 371 g/mol. The van der Waals surface area contributed by atoms with Gasteiger partial charge in [0.25, 0.3) is 10.0 Å². The van der Waals surface area contributed by atoms with E-state index in [4.69, 9.17) is 17.3 Å². The van der Waals surface area contributed by atoms with Gasteiger partial charge in [-0.1, -0.05) is 11.6 Å². The summed E-state index contributed by atoms with van der Waals surface area (Å²) in [5.74, 6) is -0.683. The minimum absolute atomic E-state index is 0.0353. The van der Waals surface area contributed by atoms with E-state index in [0.29, 0.717) is 9.50 Å². The molecule has 0 unspecified atom stereocenters. The summed E-state index contributed by atoms with van der Waals surface area (Å²) >= 11 is 9.01. The molecule has 106 valence electrons. The van der Waals surface area contributed by atoms with Gasteiger partial charge in [-0.2, -0.15) is 0 Å². The van der Waals surface area contributed by atoms with E-state index in [2.05, 4.69) is 20.7 Å². The van der Waals surface area contributed by atoms with Crippen molar-refractivity contribution >= 4 is 48.9 Å². The van der Waals surface area contributed by atoms with Crippen molar-refractivity contribution < 1.29 is 12.8 Å². The Balaban J connectivity index is 2.40. The first-order valence-corrected chi connectivity index (χ1v) is 7.98. The Labute approximate surface area is 128 Å². The molecule has 4 nitrogen and oxygen atoms in total. The highest BCUT2D eigenvalue weighted by molar-refractivity contribution is 9.10. The van der Waals surface area contributed by atoms with Gasteiger partial charge in [-0.3, -0.25) is 4.72 Å². The Bertz CT molecular complexity index is 768. The third kappa shape index (κ3) is 3.23. The van der Waals surface area contributed by atoms with Crippen LogP contribution in [0, 0.1) is 5.82 Å². The smallest absolute Gasteiger partial charge is 0.264 e. The van der Waals surface area contributed by atoms with Gasteiger partial charge in [-0.05, 0) is 52.3 Å². The quantitative estimate of drug-likeness (QED) is 0.800. The van der Waals surface area contributed by atoms with Crippen molar-refractivity contribution in [3.63, 3.8) is 0 Å². The summed E-state index contributed by atoms with van der Waals surface area (Å²) in [5.41, 5.74) is 5.81. The summed E-state index contributed by atoms with van der Waals surface area (Å²) < 4.78 is 40.3. The van der Waals surface area contributed by atoms with Gasteiger partial charge in [-0.15, -0.1) is 0 Å². The summed E-state index contributed by atoms with van der Waals surface area (Å²) in [6, 6.07) is 7.66. The second-order valence-electron chi connectivity index (χ2n) is 3.92. The van der Waals surface area contributed by atoms with Gasteiger partial charge >= 0.3 is 0 Å². The number of hydrogen-bond acceptors (Lipinski definition) is 3. The molecule has 0 bridgehead atoms. The van der Waals surface area contributed by atoms with Crippen molar-refractivity contribution in [1.29, 1.82) is 0 Å². The lowest BCUT2D eigenvalue weighted by Crippen LogP contribution is -2.15. The Morgan fingerprint density at radius 1 is 1.20 bits per heavy atom. The van der Waals surface area contributed by atoms with Gasteiger partial charge < -0.3 is 5.73 Å². The van der Waals surface area contributed by atoms with E-state index in [-0.39, 0.29) is 16.3 Å². The summed E-state index contributed by atoms with van der Waals surface area (Å²) in [5, 5.41) is 0.443. The number of nitrogens with two attached hydrogens (primary N) is 1. The molecule has 0 saturated heterocycles. The number of halogens is 3. The van der Waals surface area contributed by atoms with Gasteiger partial charge in [0.2, 0.25) is 0 Å². The standard InChI is InChI=1S/C12H9BrClFN2O2S/c13-9-6-8(2-3-10(9)14)17-20(18,19)12-5-7(15)1-4-11(12)16/h1-6,17H,16H2. The van der Waals surface area contributed by atoms with Crippen molar-refractivity contribution in [3.8, 4) is 0 Å². The molecule has 2 aromatic rings. The number of anilines is 2. The lowest BCUT2D eigenvalue weighted by molar-refractivity contribution is 0.596. The highest BCUT2D eigenvalue weighted by Gasteiger charge is 2.18. The topological polar surface area (TPSA) is 72.2 Å². The van der Waals surface area contributed by atoms with Crippen LogP contribution in [0.1, 0.15) is 0 Å². The second-order valence-corrected chi connectivity index (χ2v) is 6.83. The number of nitrogens with one attached hydrogen (secondary N) is 1. The lowest BCUT2D eigenvalue weighted by Gasteiger charge is -2.11. The SMILES string of the molecule is Nc1ccc(F)cc1S(=O)(=O)Nc1ccc(Cl)c(Br)c1. The zero-order valence-electron chi connectivity index (χ0n) is 9.90. The van der Waals surface area contributed by atoms with E-state index < -0.39 is 15.8 Å². The van der Waals surface area contributed by atoms with Crippen molar-refractivity contribution in [3.05, 3.63) is 51.7 Å². The van der Waals surface area contributed by atoms with Gasteiger partial charge in [0.1, 0.15) is 10.7 Å². The maximum Gasteiger partial charge on any atom is 0.264 e. The molecule has 0 saturated carbocycles. The molecular formula is C12H9BrClFN2O2S. The molecule has 0 aliphatic carbocycles. The Kier molecular flexibility index (Phi) is 4.22. The first kappa shape index (κ1) is 15.1. The largest absolute Gasteiger partial charge is 0.398 e. The molecule has 0 spiro atoms. The van der Waals surface area contributed by atoms with Gasteiger partial charge in [0, 0.05) is 4.47 Å². The normalized spacial score (nSPS) is 11.3. The van der Waals surface area contributed by atoms with Crippen LogP contribution in [0.4, 0.5) is 15.8 Å². The molecule has 0 aliphatic heterocycles. The third-order valence-electron chi connectivity index (χ3n) is 2.44. The monoisotopic (exact) mass is 378 g/mol. The molecule has 0 heterocycles. The summed E-state index contributed by atoms with van der Waals surface area (Å²) in [6.45, 7) is 0. The van der Waals surface area contributed by atoms with Crippen molar-refractivity contribution in [2.24, 2.45) is 0 Å². The highest BCUT2D eigenvalue weighted by Crippen LogP contribution is 2.28. The summed E-state index contributed by atoms with van der Waals surface area (Å²) in [4.78, 5) is -0.316. The van der Waals surface area contributed by atoms with Crippen molar-refractivity contribution in [2.75, 3.05) is 10.5 Å². The van der Waals surface area contributed by atoms with E-state index in [1.165, 1.54) is 24.3 Å². The van der Waals surface area contributed by atoms with Crippen LogP contribution in [0.2, 0.25) is 5.02 Å². The fourth-order valence-electron chi connectivity index (χ4n) is 1.51. The van der Waals surface area contributed by atoms with Gasteiger partial charge in [0.05, 0.1) is 16.4 Å². The van der Waals surface area contributed by atoms with E-state index >= 15 is 0 Å². The summed E-state index contributed by atoms with van der Waals surface area (Å²) in [6.07, 6.45) is 0. The fraction of sp³-hybridized carbons (Fsp3) is 0. The van der Waals surface area contributed by atoms with Crippen LogP contribution in [-0.4, -0.2) is 8.42 Å². The number of benzene rings is 2. The van der Waals surface area contributed by atoms with E-state index in [1.807, 2.05) is 0 Å². The van der Waals surface area contributed by atoms with E-state index in [1.54, 1.807) is 0 Å². The zero-order valence-corrected chi connectivity index (χ0v) is 13.1. The second kappa shape index (κ2) is 5.59. The fourth-order valence-corrected chi connectivity index (χ4v) is 3.20. The van der Waals surface area contributed by atoms with Crippen LogP contribution >= 0.6 is 27.5 Å². The van der Waals surface area contributed by atoms with E-state index in [0.717, 1.165) is 12.1 Å². The molecule has 0 atom stereocenters. The molecule has 0 radical (unpaired) electrons. The van der Waals surface area contributed by atoms with Crippen molar-refractivity contribution in [1.82, 2.24) is 0 Å². The molecule has 3 N–H and O–H groups in total. The molecule has 0 fully saturated rings. The lowest BCUT2D eigenvalue weighted by atomic mass is 10.3. The molecule has 20 heavy (non-hydrogen) atoms. The molecule has 0 aliphatic rings. The predicted molar refractivity (Wildman–Crippen MR) is 80.8 cm³/mol. The third-order valence-corrected chi connectivity index (χ3v) is 5.09. The number of nitrogen functional groups attached to an aromatic ring is 1. The van der Waals surface area contributed by atoms with E-state index in [9.17, 15) is 12.8 Å². The van der Waals surface area contributed by atoms with Gasteiger partial charge in [0.15, 0.2) is 0 Å². The molecule has 8 heteroatoms. The first-order valence-electron chi connectivity index (χ1n) is 5.32. The van der Waals surface area contributed by atoms with Crippen LogP contribution in [-0.2, 0) is 10.0 Å². The van der Waals surface area contributed by atoms with Crippen LogP contribution in [0.25, 0.3) is 0 Å². The van der Waals surface area contributed by atoms with Crippen LogP contribution in [0.15, 0.2) is 45.8 Å². The number of sulfonamides is 1. The minimum Gasteiger partial charge on any atom is -0.398 e. The zero-order chi connectivity index (χ0) is 14.9. The van der Waals surface area contributed by atoms with Crippen LogP contribution < -0.4 is 10.5 Å². The maximum atomic E-state index is 13.2. The predicted octanol–water partition coefficient (Wildman–Crippen LogP) is 3.62. The molecule has 0 aromatic heterocycles. The Morgan fingerprint density at radius 2 is 1.90 bits per heavy atom. The number of hydrogen-bond donors (Lipinski definition) is 2. The van der Waals surface area contributed by atoms with Crippen LogP contribution in [0.5, 0.6) is 0 Å². The first-order chi connectivity index (χ1) is 9.29. The average molecular weight is 380 g/mol. The van der Waals surface area contributed by atoms with Gasteiger partial charge in [-0.25, -0.2) is 12.8 Å². The summed E-state index contributed by atoms with van der Waals surface area (Å²) in [7, 11) is -3.98. The van der Waals surface area contributed by atoms with Crippen molar-refractivity contribution in [2.45, 2.75) is 4.90 Å². The highest BCUT2D eigenvalue weighted by atomic mass is 79.9. The molecule has 2 rings (SSSR count).